The molecule has 12 heavy (non-hydrogen) atoms. The molecule has 0 fully saturated rings. The third kappa shape index (κ3) is 1.04. The van der Waals surface area contributed by atoms with Crippen LogP contribution in [0.1, 0.15) is 0 Å². The van der Waals surface area contributed by atoms with E-state index in [9.17, 15) is 0 Å². The van der Waals surface area contributed by atoms with Crippen LogP contribution in [0.25, 0.3) is 0 Å². The van der Waals surface area contributed by atoms with E-state index < -0.39 is 0 Å². The van der Waals surface area contributed by atoms with Gasteiger partial charge in [-0.1, -0.05) is 4.24 Å². The molecule has 0 unspecified atom stereocenters. The highest BCUT2D eigenvalue weighted by atomic mass is 32.2. The zero-order valence-corrected chi connectivity index (χ0v) is 7.47. The second-order valence-electron chi connectivity index (χ2n) is 2.35. The lowest BCUT2D eigenvalue weighted by Gasteiger charge is -1.71. The average molecular weight is 180 g/mol. The molecule has 1 aliphatic heterocycles. The van der Waals surface area contributed by atoms with E-state index in [4.69, 9.17) is 4.42 Å². The minimum absolute atomic E-state index is 0.675. The molecule has 0 radical (unpaired) electrons. The van der Waals surface area contributed by atoms with Gasteiger partial charge < -0.3 is 0 Å². The first-order valence-electron chi connectivity index (χ1n) is 3.47. The van der Waals surface area contributed by atoms with Gasteiger partial charge in [0, 0.05) is 6.07 Å². The number of thioether (sulfide) groups is 1. The van der Waals surface area contributed by atoms with Crippen LogP contribution in [0, 0.1) is 6.72 Å². The molecular formula is C8H8N2OS+2. The molecule has 0 bridgehead atoms. The quantitative estimate of drug-likeness (QED) is 0.424. The van der Waals surface area contributed by atoms with E-state index in [0.717, 1.165) is 5.69 Å². The zero-order valence-electron chi connectivity index (χ0n) is 6.65. The van der Waals surface area contributed by atoms with Crippen molar-refractivity contribution in [3.63, 3.8) is 0 Å². The van der Waals surface area contributed by atoms with Crippen LogP contribution in [-0.4, -0.2) is 11.5 Å². The van der Waals surface area contributed by atoms with Gasteiger partial charge >= 0.3 is 10.8 Å². The lowest BCUT2D eigenvalue weighted by atomic mass is 10.4. The van der Waals surface area contributed by atoms with Gasteiger partial charge in [0.25, 0.3) is 5.69 Å². The van der Waals surface area contributed by atoms with Crippen LogP contribution in [0.4, 0.5) is 5.69 Å². The van der Waals surface area contributed by atoms with Crippen molar-refractivity contribution in [2.45, 2.75) is 0 Å². The van der Waals surface area contributed by atoms with E-state index in [2.05, 4.69) is 11.7 Å². The van der Waals surface area contributed by atoms with Crippen LogP contribution in [-0.2, 0) is 0 Å². The Kier molecular flexibility index (Phi) is 1.69. The number of aromatic nitrogens is 1. The number of nitrogens with zero attached hydrogens (tertiary/aromatic N) is 2. The van der Waals surface area contributed by atoms with Crippen LogP contribution < -0.4 is 9.80 Å². The number of rotatable bonds is 0. The summed E-state index contributed by atoms with van der Waals surface area (Å²) in [7, 11) is 0. The number of aliphatic imine (C=N–C) groups is 1. The first-order valence-corrected chi connectivity index (χ1v) is 4.70. The fourth-order valence-electron chi connectivity index (χ4n) is 1.01. The summed E-state index contributed by atoms with van der Waals surface area (Å²) in [6.07, 6.45) is 3.76. The molecule has 0 amide bonds. The summed E-state index contributed by atoms with van der Waals surface area (Å²) in [5.74, 6) is 0. The predicted octanol–water partition coefficient (Wildman–Crippen LogP) is 0.593. The van der Waals surface area contributed by atoms with Crippen molar-refractivity contribution in [1.29, 1.82) is 0 Å². The van der Waals surface area contributed by atoms with Crippen molar-refractivity contribution < 1.29 is 4.24 Å². The van der Waals surface area contributed by atoms with Crippen molar-refractivity contribution >= 4 is 22.7 Å². The monoisotopic (exact) mass is 180 g/mol. The SMILES string of the molecule is C=[n+]1cccc2c1=[O+]C(SC)=N2. The smallest absolute Gasteiger partial charge is 0.133 e. The maximum Gasteiger partial charge on any atom is 0.627 e. The highest BCUT2D eigenvalue weighted by Crippen LogP contribution is 2.12. The number of fused-ring (bicyclic) bond motifs is 1. The van der Waals surface area contributed by atoms with E-state index in [1.807, 2.05) is 24.6 Å². The maximum atomic E-state index is 5.40. The molecule has 60 valence electrons. The van der Waals surface area contributed by atoms with Crippen LogP contribution in [0.2, 0.25) is 0 Å². The van der Waals surface area contributed by atoms with Crippen molar-refractivity contribution in [3.05, 3.63) is 35.0 Å². The first kappa shape index (κ1) is 7.49. The fraction of sp³-hybridized carbons (Fsp3) is 0.125. The summed E-state index contributed by atoms with van der Waals surface area (Å²) in [6.45, 7) is 3.77. The summed E-state index contributed by atoms with van der Waals surface area (Å²) >= 11 is 1.48. The molecule has 0 N–H and O–H groups in total. The predicted molar refractivity (Wildman–Crippen MR) is 49.9 cm³/mol. The van der Waals surface area contributed by atoms with Crippen molar-refractivity contribution in [3.8, 4) is 0 Å². The number of hydrogen-bond donors (Lipinski definition) is 0. The highest BCUT2D eigenvalue weighted by molar-refractivity contribution is 8.13. The van der Waals surface area contributed by atoms with Gasteiger partial charge in [-0.3, -0.25) is 0 Å². The minimum atomic E-state index is 0.675. The minimum Gasteiger partial charge on any atom is -0.133 e. The van der Waals surface area contributed by atoms with E-state index in [-0.39, 0.29) is 0 Å². The van der Waals surface area contributed by atoms with Crippen LogP contribution in [0.3, 0.4) is 0 Å². The average Bonchev–Trinajstić information content (AvgIpc) is 2.49. The maximum absolute atomic E-state index is 5.40. The highest BCUT2D eigenvalue weighted by Gasteiger charge is 2.27. The van der Waals surface area contributed by atoms with E-state index in [1.54, 1.807) is 4.24 Å². The molecule has 1 aliphatic rings. The molecule has 2 rings (SSSR count). The van der Waals surface area contributed by atoms with Gasteiger partial charge in [0.05, 0.1) is 0 Å². The van der Waals surface area contributed by atoms with E-state index >= 15 is 0 Å². The molecule has 4 heteroatoms. The molecule has 0 atom stereocenters. The first-order chi connectivity index (χ1) is 5.81. The van der Waals surface area contributed by atoms with Crippen LogP contribution in [0.15, 0.2) is 27.7 Å². The Morgan fingerprint density at radius 2 is 2.50 bits per heavy atom. The molecule has 3 nitrogen and oxygen atoms in total. The molecule has 1 aromatic heterocycles. The topological polar surface area (TPSA) is 29.6 Å². The number of hydrogen-bond acceptors (Lipinski definition) is 2. The fourth-order valence-corrected chi connectivity index (χ4v) is 1.36. The van der Waals surface area contributed by atoms with E-state index in [1.165, 1.54) is 11.8 Å². The Morgan fingerprint density at radius 3 is 3.17 bits per heavy atom. The van der Waals surface area contributed by atoms with E-state index in [0.29, 0.717) is 10.8 Å². The standard InChI is InChI=1S/C8H8N2OS/c1-10-5-3-4-6-7(10)11-8(9-6)12-2/h3-5H,1H2,2H3/q+2. The molecule has 0 aromatic carbocycles. The summed E-state index contributed by atoms with van der Waals surface area (Å²) in [4.78, 5) is 4.23. The van der Waals surface area contributed by atoms with Gasteiger partial charge in [0.2, 0.25) is 0 Å². The second kappa shape index (κ2) is 2.71. The second-order valence-corrected chi connectivity index (χ2v) is 3.11. The third-order valence-corrected chi connectivity index (χ3v) is 2.09. The van der Waals surface area contributed by atoms with Crippen molar-refractivity contribution in [2.75, 3.05) is 6.26 Å². The molecule has 1 aromatic rings. The summed E-state index contributed by atoms with van der Waals surface area (Å²) < 4.78 is 7.07. The normalized spacial score (nSPS) is 13.6. The van der Waals surface area contributed by atoms with Crippen LogP contribution >= 0.6 is 11.8 Å². The Morgan fingerprint density at radius 1 is 1.67 bits per heavy atom. The summed E-state index contributed by atoms with van der Waals surface area (Å²) in [5, 5.41) is 0.675. The summed E-state index contributed by atoms with van der Waals surface area (Å²) in [6, 6.07) is 3.79. The molecular weight excluding hydrogens is 172 g/mol. The van der Waals surface area contributed by atoms with Gasteiger partial charge in [0.15, 0.2) is 6.20 Å². The molecule has 0 saturated heterocycles. The third-order valence-electron chi connectivity index (χ3n) is 1.57. The van der Waals surface area contributed by atoms with Gasteiger partial charge in [-0.25, -0.2) is 0 Å². The van der Waals surface area contributed by atoms with Gasteiger partial charge in [-0.2, -0.15) is 0 Å². The van der Waals surface area contributed by atoms with Gasteiger partial charge in [-0.15, -0.1) is 9.42 Å². The lowest BCUT2D eigenvalue weighted by molar-refractivity contribution is -0.514. The van der Waals surface area contributed by atoms with Gasteiger partial charge in [0.1, 0.15) is 6.72 Å². The Labute approximate surface area is 73.8 Å². The summed E-state index contributed by atoms with van der Waals surface area (Å²) in [5.41, 5.74) is 1.55. The van der Waals surface area contributed by atoms with Gasteiger partial charge in [-0.05, 0) is 24.1 Å². The van der Waals surface area contributed by atoms with Crippen LogP contribution in [0.5, 0.6) is 0 Å². The molecule has 0 spiro atoms. The number of pyridine rings is 1. The Hall–Kier alpha value is -1.16. The molecule has 0 saturated carbocycles. The molecule has 2 heterocycles. The largest absolute Gasteiger partial charge is 0.627 e. The molecule has 0 aliphatic carbocycles. The van der Waals surface area contributed by atoms with Crippen molar-refractivity contribution in [2.24, 2.45) is 4.99 Å². The van der Waals surface area contributed by atoms with Crippen molar-refractivity contribution in [1.82, 2.24) is 0 Å². The lowest BCUT2D eigenvalue weighted by Crippen LogP contribution is -2.34. The zero-order chi connectivity index (χ0) is 8.55. The Bertz CT molecular complexity index is 453. The Balaban J connectivity index is 2.71.